The van der Waals surface area contributed by atoms with Gasteiger partial charge in [-0.3, -0.25) is 9.59 Å². The maximum absolute atomic E-state index is 11.6. The number of benzene rings is 1. The van der Waals surface area contributed by atoms with E-state index in [1.807, 2.05) is 0 Å². The largest absolute Gasteiger partial charge is 0.396 e. The van der Waals surface area contributed by atoms with Gasteiger partial charge in [0.2, 0.25) is 11.8 Å². The number of nitrogens with one attached hydrogen (secondary N) is 1. The molecule has 0 saturated heterocycles. The van der Waals surface area contributed by atoms with Crippen LogP contribution in [-0.2, 0) is 16.0 Å². The van der Waals surface area contributed by atoms with Crippen LogP contribution in [0.25, 0.3) is 0 Å². The summed E-state index contributed by atoms with van der Waals surface area (Å²) >= 11 is 0. The van der Waals surface area contributed by atoms with Crippen LogP contribution in [-0.4, -0.2) is 29.6 Å². The summed E-state index contributed by atoms with van der Waals surface area (Å²) < 4.78 is 0. The molecule has 0 fully saturated rings. The summed E-state index contributed by atoms with van der Waals surface area (Å²) in [5.41, 5.74) is 12.0. The molecule has 0 aliphatic carbocycles. The van der Waals surface area contributed by atoms with Crippen molar-refractivity contribution >= 4 is 17.5 Å². The van der Waals surface area contributed by atoms with E-state index in [0.717, 1.165) is 5.56 Å². The molecular formula is C12H17N3O3. The fourth-order valence-electron chi connectivity index (χ4n) is 1.43. The van der Waals surface area contributed by atoms with Crippen molar-refractivity contribution in [3.63, 3.8) is 0 Å². The zero-order valence-corrected chi connectivity index (χ0v) is 9.93. The number of anilines is 1. The third-order valence-corrected chi connectivity index (χ3v) is 2.38. The summed E-state index contributed by atoms with van der Waals surface area (Å²) in [6.07, 6.45) is 0.379. The van der Waals surface area contributed by atoms with Crippen molar-refractivity contribution in [2.24, 2.45) is 11.5 Å². The van der Waals surface area contributed by atoms with Gasteiger partial charge < -0.3 is 21.9 Å². The van der Waals surface area contributed by atoms with E-state index in [1.165, 1.54) is 0 Å². The predicted octanol–water partition coefficient (Wildman–Crippen LogP) is -0.637. The number of hydrogen-bond acceptors (Lipinski definition) is 4. The number of hydrogen-bond donors (Lipinski definition) is 4. The van der Waals surface area contributed by atoms with Crippen molar-refractivity contribution in [1.29, 1.82) is 0 Å². The SMILES string of the molecule is NC(=O)CC(N)C(=O)Nc1ccc(CCO)cc1. The molecule has 0 spiro atoms. The first-order valence-corrected chi connectivity index (χ1v) is 5.57. The van der Waals surface area contributed by atoms with Crippen LogP contribution in [0.2, 0.25) is 0 Å². The average molecular weight is 251 g/mol. The summed E-state index contributed by atoms with van der Waals surface area (Å²) in [6, 6.07) is 6.07. The Morgan fingerprint density at radius 2 is 1.89 bits per heavy atom. The second-order valence-electron chi connectivity index (χ2n) is 3.94. The summed E-state index contributed by atoms with van der Waals surface area (Å²) in [5, 5.41) is 11.3. The van der Waals surface area contributed by atoms with Gasteiger partial charge in [-0.25, -0.2) is 0 Å². The van der Waals surface area contributed by atoms with Crippen LogP contribution in [0.3, 0.4) is 0 Å². The molecule has 0 saturated carbocycles. The molecule has 1 aromatic carbocycles. The van der Waals surface area contributed by atoms with Crippen LogP contribution in [0.15, 0.2) is 24.3 Å². The Hall–Kier alpha value is -1.92. The minimum Gasteiger partial charge on any atom is -0.396 e. The standard InChI is InChI=1S/C12H17N3O3/c13-10(7-11(14)17)12(18)15-9-3-1-8(2-4-9)5-6-16/h1-4,10,16H,5-7,13H2,(H2,14,17)(H,15,18). The monoisotopic (exact) mass is 251 g/mol. The van der Waals surface area contributed by atoms with E-state index in [9.17, 15) is 9.59 Å². The Bertz CT molecular complexity index is 417. The number of carbonyl (C=O) groups excluding carboxylic acids is 2. The second-order valence-corrected chi connectivity index (χ2v) is 3.94. The van der Waals surface area contributed by atoms with E-state index in [0.29, 0.717) is 12.1 Å². The van der Waals surface area contributed by atoms with Gasteiger partial charge in [0, 0.05) is 12.3 Å². The maximum atomic E-state index is 11.6. The Morgan fingerprint density at radius 1 is 1.28 bits per heavy atom. The highest BCUT2D eigenvalue weighted by molar-refractivity contribution is 5.97. The lowest BCUT2D eigenvalue weighted by molar-refractivity contribution is -0.123. The van der Waals surface area contributed by atoms with Gasteiger partial charge in [-0.1, -0.05) is 12.1 Å². The van der Waals surface area contributed by atoms with Crippen molar-refractivity contribution in [2.75, 3.05) is 11.9 Å². The van der Waals surface area contributed by atoms with Gasteiger partial charge >= 0.3 is 0 Å². The number of aliphatic hydroxyl groups excluding tert-OH is 1. The van der Waals surface area contributed by atoms with Crippen molar-refractivity contribution in [3.8, 4) is 0 Å². The first-order chi connectivity index (χ1) is 8.52. The van der Waals surface area contributed by atoms with E-state index in [2.05, 4.69) is 5.32 Å². The molecule has 0 aliphatic heterocycles. The number of amides is 2. The fraction of sp³-hybridized carbons (Fsp3) is 0.333. The van der Waals surface area contributed by atoms with E-state index in [4.69, 9.17) is 16.6 Å². The lowest BCUT2D eigenvalue weighted by Gasteiger charge is -2.10. The first-order valence-electron chi connectivity index (χ1n) is 5.57. The van der Waals surface area contributed by atoms with Crippen molar-refractivity contribution in [3.05, 3.63) is 29.8 Å². The molecule has 0 heterocycles. The third kappa shape index (κ3) is 4.52. The molecule has 18 heavy (non-hydrogen) atoms. The number of aliphatic hydroxyl groups is 1. The molecule has 1 rings (SSSR count). The highest BCUT2D eigenvalue weighted by atomic mass is 16.3. The van der Waals surface area contributed by atoms with Gasteiger partial charge in [-0.15, -0.1) is 0 Å². The quantitative estimate of drug-likeness (QED) is 0.538. The third-order valence-electron chi connectivity index (χ3n) is 2.38. The molecule has 98 valence electrons. The molecule has 0 aromatic heterocycles. The molecule has 0 aliphatic rings. The Labute approximate surface area is 105 Å². The highest BCUT2D eigenvalue weighted by Gasteiger charge is 2.15. The van der Waals surface area contributed by atoms with Crippen LogP contribution in [0.4, 0.5) is 5.69 Å². The summed E-state index contributed by atoms with van der Waals surface area (Å²) in [5.74, 6) is -1.07. The molecular weight excluding hydrogens is 234 g/mol. The van der Waals surface area contributed by atoms with Crippen molar-refractivity contribution in [2.45, 2.75) is 18.9 Å². The number of carbonyl (C=O) groups is 2. The normalized spacial score (nSPS) is 11.9. The van der Waals surface area contributed by atoms with Crippen molar-refractivity contribution in [1.82, 2.24) is 0 Å². The fourth-order valence-corrected chi connectivity index (χ4v) is 1.43. The Morgan fingerprint density at radius 3 is 2.39 bits per heavy atom. The van der Waals surface area contributed by atoms with Gasteiger partial charge in [-0.05, 0) is 24.1 Å². The molecule has 0 radical (unpaired) electrons. The molecule has 6 N–H and O–H groups in total. The van der Waals surface area contributed by atoms with Crippen LogP contribution in [0, 0.1) is 0 Å². The summed E-state index contributed by atoms with van der Waals surface area (Å²) in [7, 11) is 0. The molecule has 0 bridgehead atoms. The maximum Gasteiger partial charge on any atom is 0.241 e. The predicted molar refractivity (Wildman–Crippen MR) is 67.6 cm³/mol. The minimum absolute atomic E-state index is 0.0786. The lowest BCUT2D eigenvalue weighted by Crippen LogP contribution is -2.38. The van der Waals surface area contributed by atoms with Gasteiger partial charge in [-0.2, -0.15) is 0 Å². The number of rotatable bonds is 6. The summed E-state index contributed by atoms with van der Waals surface area (Å²) in [4.78, 5) is 22.2. The second kappa shape index (κ2) is 6.73. The highest BCUT2D eigenvalue weighted by Crippen LogP contribution is 2.10. The molecule has 1 aromatic rings. The molecule has 6 heteroatoms. The number of nitrogens with two attached hydrogens (primary N) is 2. The number of primary amides is 1. The molecule has 1 atom stereocenters. The first kappa shape index (κ1) is 14.1. The van der Waals surface area contributed by atoms with Crippen LogP contribution in [0.5, 0.6) is 0 Å². The average Bonchev–Trinajstić information content (AvgIpc) is 2.31. The Balaban J connectivity index is 2.56. The minimum atomic E-state index is -0.945. The van der Waals surface area contributed by atoms with Crippen molar-refractivity contribution < 1.29 is 14.7 Å². The van der Waals surface area contributed by atoms with Gasteiger partial charge in [0.1, 0.15) is 0 Å². The lowest BCUT2D eigenvalue weighted by atomic mass is 10.1. The van der Waals surface area contributed by atoms with E-state index >= 15 is 0 Å². The molecule has 6 nitrogen and oxygen atoms in total. The van der Waals surface area contributed by atoms with E-state index in [-0.39, 0.29) is 13.0 Å². The van der Waals surface area contributed by atoms with E-state index in [1.54, 1.807) is 24.3 Å². The zero-order valence-electron chi connectivity index (χ0n) is 9.93. The van der Waals surface area contributed by atoms with Crippen LogP contribution in [0.1, 0.15) is 12.0 Å². The zero-order chi connectivity index (χ0) is 13.5. The van der Waals surface area contributed by atoms with Gasteiger partial charge in [0.15, 0.2) is 0 Å². The molecule has 2 amide bonds. The van der Waals surface area contributed by atoms with Gasteiger partial charge in [0.05, 0.1) is 12.5 Å². The molecule has 1 unspecified atom stereocenters. The van der Waals surface area contributed by atoms with Crippen LogP contribution >= 0.6 is 0 Å². The van der Waals surface area contributed by atoms with Gasteiger partial charge in [0.25, 0.3) is 0 Å². The van der Waals surface area contributed by atoms with Crippen LogP contribution < -0.4 is 16.8 Å². The smallest absolute Gasteiger partial charge is 0.241 e. The van der Waals surface area contributed by atoms with E-state index < -0.39 is 17.9 Å². The Kier molecular flexibility index (Phi) is 5.29. The topological polar surface area (TPSA) is 118 Å². The summed E-state index contributed by atoms with van der Waals surface area (Å²) in [6.45, 7) is 0.0786.